The molecule has 0 spiro atoms. The third-order valence-corrected chi connectivity index (χ3v) is 2.78. The Kier molecular flexibility index (Phi) is 4.00. The van der Waals surface area contributed by atoms with Crippen LogP contribution in [-0.4, -0.2) is 57.6 Å². The minimum absolute atomic E-state index is 0.104. The number of carbonyl (C=O) groups is 2. The van der Waals surface area contributed by atoms with Gasteiger partial charge in [0.2, 0.25) is 0 Å². The van der Waals surface area contributed by atoms with Gasteiger partial charge in [0, 0.05) is 32.4 Å². The zero-order chi connectivity index (χ0) is 13.8. The molecular weight excluding hydrogens is 252 g/mol. The second kappa shape index (κ2) is 5.70. The summed E-state index contributed by atoms with van der Waals surface area (Å²) < 4.78 is 6.89. The summed E-state index contributed by atoms with van der Waals surface area (Å²) in [5.74, 6) is -0.467. The maximum absolute atomic E-state index is 12.0. The predicted molar refractivity (Wildman–Crippen MR) is 65.8 cm³/mol. The Morgan fingerprint density at radius 1 is 1.63 bits per heavy atom. The van der Waals surface area contributed by atoms with E-state index in [4.69, 9.17) is 9.84 Å². The van der Waals surface area contributed by atoms with Crippen LogP contribution in [0, 0.1) is 0 Å². The van der Waals surface area contributed by atoms with E-state index < -0.39 is 12.1 Å². The number of nitrogens with one attached hydrogen (secondary N) is 1. The van der Waals surface area contributed by atoms with Crippen molar-refractivity contribution in [1.29, 1.82) is 0 Å². The summed E-state index contributed by atoms with van der Waals surface area (Å²) in [6.45, 7) is 1.05. The van der Waals surface area contributed by atoms with Crippen LogP contribution in [0.15, 0.2) is 12.3 Å². The molecule has 104 valence electrons. The van der Waals surface area contributed by atoms with Crippen LogP contribution in [-0.2, 0) is 16.6 Å². The first-order chi connectivity index (χ1) is 9.04. The molecule has 8 nitrogen and oxygen atoms in total. The summed E-state index contributed by atoms with van der Waals surface area (Å²) in [5, 5.41) is 15.4. The van der Waals surface area contributed by atoms with Gasteiger partial charge in [-0.3, -0.25) is 14.8 Å². The molecule has 1 fully saturated rings. The lowest BCUT2D eigenvalue weighted by atomic mass is 10.2. The zero-order valence-electron chi connectivity index (χ0n) is 10.6. The average Bonchev–Trinajstić information content (AvgIpc) is 2.74. The smallest absolute Gasteiger partial charge is 0.323 e. The van der Waals surface area contributed by atoms with Crippen molar-refractivity contribution >= 4 is 17.8 Å². The molecule has 19 heavy (non-hydrogen) atoms. The summed E-state index contributed by atoms with van der Waals surface area (Å²) in [4.78, 5) is 24.1. The standard InChI is InChI=1S/C11H16N4O4/c1-14-3-2-9(13-14)12-11(18)15-4-5-19-8(7-15)6-10(16)17/h2-3,8H,4-7H2,1H3,(H,16,17)(H,12,13,18). The normalized spacial score (nSPS) is 19.2. The molecule has 0 aliphatic carbocycles. The zero-order valence-corrected chi connectivity index (χ0v) is 10.6. The molecule has 2 rings (SSSR count). The SMILES string of the molecule is Cn1ccc(NC(=O)N2CCOC(CC(=O)O)C2)n1. The van der Waals surface area contributed by atoms with Crippen LogP contribution in [0.3, 0.4) is 0 Å². The minimum Gasteiger partial charge on any atom is -0.481 e. The molecule has 1 aromatic heterocycles. The van der Waals surface area contributed by atoms with E-state index in [0.29, 0.717) is 19.0 Å². The van der Waals surface area contributed by atoms with E-state index in [1.54, 1.807) is 24.0 Å². The van der Waals surface area contributed by atoms with Crippen molar-refractivity contribution in [1.82, 2.24) is 14.7 Å². The number of ether oxygens (including phenoxy) is 1. The largest absolute Gasteiger partial charge is 0.481 e. The first kappa shape index (κ1) is 13.3. The summed E-state index contributed by atoms with van der Waals surface area (Å²) in [5.41, 5.74) is 0. The van der Waals surface area contributed by atoms with Gasteiger partial charge in [-0.2, -0.15) is 5.10 Å². The van der Waals surface area contributed by atoms with Gasteiger partial charge in [0.25, 0.3) is 0 Å². The highest BCUT2D eigenvalue weighted by Gasteiger charge is 2.26. The Morgan fingerprint density at radius 2 is 2.42 bits per heavy atom. The third kappa shape index (κ3) is 3.68. The highest BCUT2D eigenvalue weighted by atomic mass is 16.5. The van der Waals surface area contributed by atoms with Gasteiger partial charge in [0.05, 0.1) is 19.1 Å². The highest BCUT2D eigenvalue weighted by molar-refractivity contribution is 5.88. The number of carboxylic acids is 1. The van der Waals surface area contributed by atoms with Crippen LogP contribution in [0.5, 0.6) is 0 Å². The fourth-order valence-electron chi connectivity index (χ4n) is 1.89. The molecule has 1 saturated heterocycles. The number of hydrogen-bond donors (Lipinski definition) is 2. The molecule has 1 aliphatic rings. The highest BCUT2D eigenvalue weighted by Crippen LogP contribution is 2.11. The fourth-order valence-corrected chi connectivity index (χ4v) is 1.89. The van der Waals surface area contributed by atoms with Crippen LogP contribution < -0.4 is 5.32 Å². The molecule has 0 bridgehead atoms. The number of aliphatic carboxylic acids is 1. The quantitative estimate of drug-likeness (QED) is 0.812. The van der Waals surface area contributed by atoms with Crippen LogP contribution in [0.2, 0.25) is 0 Å². The van der Waals surface area contributed by atoms with Gasteiger partial charge in [-0.1, -0.05) is 0 Å². The number of amides is 2. The van der Waals surface area contributed by atoms with Crippen molar-refractivity contribution in [2.75, 3.05) is 25.0 Å². The van der Waals surface area contributed by atoms with Gasteiger partial charge in [0.15, 0.2) is 5.82 Å². The maximum Gasteiger partial charge on any atom is 0.323 e. The third-order valence-electron chi connectivity index (χ3n) is 2.78. The molecule has 1 aliphatic heterocycles. The molecule has 2 amide bonds. The number of anilines is 1. The first-order valence-electron chi connectivity index (χ1n) is 5.93. The van der Waals surface area contributed by atoms with Gasteiger partial charge in [-0.25, -0.2) is 4.79 Å². The number of rotatable bonds is 3. The van der Waals surface area contributed by atoms with Gasteiger partial charge >= 0.3 is 12.0 Å². The molecule has 2 heterocycles. The van der Waals surface area contributed by atoms with Crippen molar-refractivity contribution < 1.29 is 19.4 Å². The van der Waals surface area contributed by atoms with Gasteiger partial charge in [-0.05, 0) is 0 Å². The van der Waals surface area contributed by atoms with Gasteiger partial charge in [-0.15, -0.1) is 0 Å². The topological polar surface area (TPSA) is 96.7 Å². The summed E-state index contributed by atoms with van der Waals surface area (Å²) in [6.07, 6.45) is 1.16. The second-order valence-electron chi connectivity index (χ2n) is 4.34. The molecule has 0 radical (unpaired) electrons. The number of aromatic nitrogens is 2. The molecular formula is C11H16N4O4. The van der Waals surface area contributed by atoms with Crippen molar-refractivity contribution in [3.8, 4) is 0 Å². The Labute approximate surface area is 109 Å². The van der Waals surface area contributed by atoms with E-state index in [9.17, 15) is 9.59 Å². The fraction of sp³-hybridized carbons (Fsp3) is 0.545. The van der Waals surface area contributed by atoms with E-state index in [-0.39, 0.29) is 19.0 Å². The lowest BCUT2D eigenvalue weighted by Gasteiger charge is -2.32. The van der Waals surface area contributed by atoms with E-state index in [2.05, 4.69) is 10.4 Å². The molecule has 0 saturated carbocycles. The lowest BCUT2D eigenvalue weighted by Crippen LogP contribution is -2.47. The van der Waals surface area contributed by atoms with Crippen molar-refractivity contribution in [3.63, 3.8) is 0 Å². The summed E-state index contributed by atoms with van der Waals surface area (Å²) in [7, 11) is 1.76. The summed E-state index contributed by atoms with van der Waals surface area (Å²) in [6, 6.07) is 1.39. The van der Waals surface area contributed by atoms with Crippen molar-refractivity contribution in [2.24, 2.45) is 7.05 Å². The van der Waals surface area contributed by atoms with Gasteiger partial charge < -0.3 is 14.7 Å². The molecule has 1 unspecified atom stereocenters. The number of carboxylic acid groups (broad SMARTS) is 1. The average molecular weight is 268 g/mol. The van der Waals surface area contributed by atoms with Crippen LogP contribution in [0.25, 0.3) is 0 Å². The molecule has 1 aromatic rings. The monoisotopic (exact) mass is 268 g/mol. The molecule has 2 N–H and O–H groups in total. The maximum atomic E-state index is 12.0. The first-order valence-corrected chi connectivity index (χ1v) is 5.93. The number of morpholine rings is 1. The van der Waals surface area contributed by atoms with Crippen LogP contribution in [0.1, 0.15) is 6.42 Å². The van der Waals surface area contributed by atoms with E-state index in [1.807, 2.05) is 0 Å². The number of aryl methyl sites for hydroxylation is 1. The molecule has 1 atom stereocenters. The summed E-state index contributed by atoms with van der Waals surface area (Å²) >= 11 is 0. The lowest BCUT2D eigenvalue weighted by molar-refractivity contribution is -0.141. The second-order valence-corrected chi connectivity index (χ2v) is 4.34. The molecule has 0 aromatic carbocycles. The Morgan fingerprint density at radius 3 is 3.05 bits per heavy atom. The van der Waals surface area contributed by atoms with Crippen LogP contribution in [0.4, 0.5) is 10.6 Å². The Balaban J connectivity index is 1.89. The Hall–Kier alpha value is -2.09. The number of hydrogen-bond acceptors (Lipinski definition) is 4. The Bertz CT molecular complexity index is 473. The van der Waals surface area contributed by atoms with Crippen molar-refractivity contribution in [3.05, 3.63) is 12.3 Å². The van der Waals surface area contributed by atoms with E-state index in [1.165, 1.54) is 4.90 Å². The number of urea groups is 1. The van der Waals surface area contributed by atoms with Crippen LogP contribution >= 0.6 is 0 Å². The van der Waals surface area contributed by atoms with Crippen molar-refractivity contribution in [2.45, 2.75) is 12.5 Å². The van der Waals surface area contributed by atoms with Gasteiger partial charge in [0.1, 0.15) is 0 Å². The minimum atomic E-state index is -0.933. The number of carbonyl (C=O) groups excluding carboxylic acids is 1. The molecule has 8 heteroatoms. The number of nitrogens with zero attached hydrogens (tertiary/aromatic N) is 3. The van der Waals surface area contributed by atoms with E-state index >= 15 is 0 Å². The predicted octanol–water partition coefficient (Wildman–Crippen LogP) is 0.127. The van der Waals surface area contributed by atoms with E-state index in [0.717, 1.165) is 0 Å².